The smallest absolute Gasteiger partial charge is 0.295 e. The lowest BCUT2D eigenvalue weighted by Crippen LogP contribution is -3.14. The molecule has 162 valence electrons. The summed E-state index contributed by atoms with van der Waals surface area (Å²) in [5.74, 6) is -1.44. The predicted octanol–water partition coefficient (Wildman–Crippen LogP) is 0.881. The number of quaternary nitrogens is 1. The van der Waals surface area contributed by atoms with Crippen LogP contribution in [-0.4, -0.2) is 61.1 Å². The molecular weight excluding hydrogens is 418 g/mol. The van der Waals surface area contributed by atoms with E-state index >= 15 is 0 Å². The molecule has 0 aliphatic carbocycles. The molecule has 8 heteroatoms. The van der Waals surface area contributed by atoms with Crippen LogP contribution in [0.15, 0.2) is 54.4 Å². The summed E-state index contributed by atoms with van der Waals surface area (Å²) in [6.07, 6.45) is 4.28. The number of amides is 1. The number of benzene rings is 1. The van der Waals surface area contributed by atoms with E-state index in [1.165, 1.54) is 4.90 Å². The molecule has 1 aromatic heterocycles. The summed E-state index contributed by atoms with van der Waals surface area (Å²) in [5, 5.41) is 11.5. The quantitative estimate of drug-likeness (QED) is 0.394. The largest absolute Gasteiger partial charge is 0.507 e. The van der Waals surface area contributed by atoms with Gasteiger partial charge in [0.05, 0.1) is 31.4 Å². The summed E-state index contributed by atoms with van der Waals surface area (Å²) < 4.78 is 5.40. The number of hydrogen-bond donors (Lipinski definition) is 2. The first-order chi connectivity index (χ1) is 15.1. The van der Waals surface area contributed by atoms with E-state index in [-0.39, 0.29) is 11.3 Å². The van der Waals surface area contributed by atoms with Crippen LogP contribution in [0.4, 0.5) is 0 Å². The molecule has 0 bridgehead atoms. The number of pyridine rings is 1. The molecule has 7 nitrogen and oxygen atoms in total. The third kappa shape index (κ3) is 4.63. The summed E-state index contributed by atoms with van der Waals surface area (Å²) in [6.45, 7) is 4.74. The first-order valence-electron chi connectivity index (χ1n) is 10.5. The number of aliphatic hydroxyl groups excluding tert-OH is 1. The molecule has 1 amide bonds. The van der Waals surface area contributed by atoms with E-state index in [4.69, 9.17) is 16.3 Å². The minimum absolute atomic E-state index is 0.102. The Morgan fingerprint density at radius 2 is 1.94 bits per heavy atom. The molecule has 31 heavy (non-hydrogen) atoms. The van der Waals surface area contributed by atoms with E-state index in [1.807, 2.05) is 12.1 Å². The highest BCUT2D eigenvalue weighted by atomic mass is 35.5. The molecule has 4 rings (SSSR count). The molecule has 2 fully saturated rings. The normalized spacial score (nSPS) is 21.6. The summed E-state index contributed by atoms with van der Waals surface area (Å²) in [7, 11) is 0. The molecule has 1 aromatic carbocycles. The highest BCUT2D eigenvalue weighted by Gasteiger charge is 2.46. The summed E-state index contributed by atoms with van der Waals surface area (Å²) >= 11 is 5.96. The number of carbonyl (C=O) groups excluding carboxylic acids is 2. The van der Waals surface area contributed by atoms with Gasteiger partial charge in [-0.2, -0.15) is 0 Å². The van der Waals surface area contributed by atoms with Crippen LogP contribution in [0.1, 0.15) is 23.6 Å². The van der Waals surface area contributed by atoms with Gasteiger partial charge in [-0.3, -0.25) is 9.59 Å². The zero-order valence-corrected chi connectivity index (χ0v) is 17.9. The molecule has 3 N–H and O–H groups in total. The summed E-state index contributed by atoms with van der Waals surface area (Å²) in [5.41, 5.74) is 1.30. The number of aliphatic hydroxyl groups is 1. The number of carbonyl (C=O) groups is 2. The van der Waals surface area contributed by atoms with E-state index in [1.54, 1.807) is 41.6 Å². The molecule has 0 radical (unpaired) electrons. The van der Waals surface area contributed by atoms with Crippen molar-refractivity contribution in [2.45, 2.75) is 12.5 Å². The highest BCUT2D eigenvalue weighted by molar-refractivity contribution is 6.46. The van der Waals surface area contributed by atoms with Gasteiger partial charge in [-0.15, -0.1) is 0 Å². The number of nitrogens with zero attached hydrogens (tertiary/aromatic N) is 1. The van der Waals surface area contributed by atoms with Gasteiger partial charge in [0.25, 0.3) is 11.7 Å². The van der Waals surface area contributed by atoms with Crippen LogP contribution in [0.3, 0.4) is 0 Å². The Bertz CT molecular complexity index is 972. The highest BCUT2D eigenvalue weighted by Crippen LogP contribution is 2.39. The van der Waals surface area contributed by atoms with Gasteiger partial charge < -0.3 is 19.6 Å². The second-order valence-corrected chi connectivity index (χ2v) is 8.24. The number of morpholine rings is 1. The van der Waals surface area contributed by atoms with Crippen molar-refractivity contribution in [3.63, 3.8) is 0 Å². The van der Waals surface area contributed by atoms with Gasteiger partial charge in [0.2, 0.25) is 0 Å². The van der Waals surface area contributed by atoms with Gasteiger partial charge in [-0.05, 0) is 30.3 Å². The zero-order chi connectivity index (χ0) is 21.8. The number of aromatic amines is 1. The fraction of sp³-hybridized carbons (Fsp3) is 0.348. The monoisotopic (exact) mass is 443 g/mol. The Labute approximate surface area is 185 Å². The maximum absolute atomic E-state index is 13.0. The third-order valence-electron chi connectivity index (χ3n) is 5.83. The van der Waals surface area contributed by atoms with Crippen LogP contribution in [0.2, 0.25) is 5.02 Å². The number of hydrogen-bond acceptors (Lipinski definition) is 4. The van der Waals surface area contributed by atoms with Crippen molar-refractivity contribution < 1.29 is 29.3 Å². The molecule has 1 unspecified atom stereocenters. The third-order valence-corrected chi connectivity index (χ3v) is 6.09. The Morgan fingerprint density at radius 1 is 1.19 bits per heavy atom. The van der Waals surface area contributed by atoms with E-state index in [0.29, 0.717) is 17.1 Å². The van der Waals surface area contributed by atoms with Gasteiger partial charge in [0, 0.05) is 35.2 Å². The van der Waals surface area contributed by atoms with Gasteiger partial charge in [-0.1, -0.05) is 11.6 Å². The number of ketones is 1. The van der Waals surface area contributed by atoms with Crippen molar-refractivity contribution in [1.82, 2.24) is 4.90 Å². The van der Waals surface area contributed by atoms with Gasteiger partial charge >= 0.3 is 0 Å². The number of halogens is 1. The maximum atomic E-state index is 13.0. The number of rotatable bonds is 6. The van der Waals surface area contributed by atoms with Crippen molar-refractivity contribution in [1.29, 1.82) is 0 Å². The van der Waals surface area contributed by atoms with Crippen LogP contribution in [0.25, 0.3) is 5.76 Å². The average molecular weight is 444 g/mol. The minimum Gasteiger partial charge on any atom is -0.507 e. The van der Waals surface area contributed by atoms with Crippen molar-refractivity contribution in [3.05, 3.63) is 70.5 Å². The van der Waals surface area contributed by atoms with E-state index < -0.39 is 17.7 Å². The average Bonchev–Trinajstić information content (AvgIpc) is 3.05. The van der Waals surface area contributed by atoms with Gasteiger partial charge in [0.15, 0.2) is 12.4 Å². The molecule has 2 saturated heterocycles. The lowest BCUT2D eigenvalue weighted by atomic mass is 9.96. The minimum atomic E-state index is -0.667. The lowest BCUT2D eigenvalue weighted by Gasteiger charge is -2.27. The number of nitrogens with one attached hydrogen (secondary N) is 2. The number of ether oxygens (including phenoxy) is 1. The van der Waals surface area contributed by atoms with Crippen LogP contribution >= 0.6 is 11.6 Å². The summed E-state index contributed by atoms with van der Waals surface area (Å²) in [4.78, 5) is 32.0. The topological polar surface area (TPSA) is 85.4 Å². The SMILES string of the molecule is O=C1C(=O)N(CCC[NH+]2CCOCC2)C(c2ccc[nH+]c2)C1=C(O)c1ccc(Cl)cc1. The number of aromatic nitrogens is 1. The molecule has 3 heterocycles. The van der Waals surface area contributed by atoms with E-state index in [9.17, 15) is 14.7 Å². The number of Topliss-reactive ketones (excluding diaryl/α,β-unsaturated/α-hetero) is 1. The first-order valence-corrected chi connectivity index (χ1v) is 10.9. The zero-order valence-electron chi connectivity index (χ0n) is 17.1. The molecule has 0 saturated carbocycles. The molecular formula is C23H26ClN3O4+2. The maximum Gasteiger partial charge on any atom is 0.295 e. The number of likely N-dealkylation sites (tertiary alicyclic amines) is 1. The predicted molar refractivity (Wildman–Crippen MR) is 114 cm³/mol. The Hall–Kier alpha value is -2.74. The van der Waals surface area contributed by atoms with Crippen molar-refractivity contribution >= 4 is 29.1 Å². The number of H-pyrrole nitrogens is 1. The fourth-order valence-electron chi connectivity index (χ4n) is 4.21. The van der Waals surface area contributed by atoms with E-state index in [0.717, 1.165) is 44.8 Å². The second-order valence-electron chi connectivity index (χ2n) is 7.80. The molecule has 2 aromatic rings. The first kappa shape index (κ1) is 21.5. The summed E-state index contributed by atoms with van der Waals surface area (Å²) in [6, 6.07) is 9.58. The van der Waals surface area contributed by atoms with Crippen molar-refractivity contribution in [3.8, 4) is 0 Å². The van der Waals surface area contributed by atoms with E-state index in [2.05, 4.69) is 4.98 Å². The van der Waals surface area contributed by atoms with Crippen LogP contribution in [0, 0.1) is 0 Å². The van der Waals surface area contributed by atoms with Crippen LogP contribution in [-0.2, 0) is 14.3 Å². The van der Waals surface area contributed by atoms with Crippen molar-refractivity contribution in [2.75, 3.05) is 39.4 Å². The van der Waals surface area contributed by atoms with Gasteiger partial charge in [0.1, 0.15) is 18.8 Å². The standard InChI is InChI=1S/C23H24ClN3O4/c24-18-6-4-16(5-7-18)21(28)19-20(17-3-1-8-25-15-17)27(23(30)22(19)29)10-2-9-26-11-13-31-14-12-26/h1,3-8,15,20,28H,2,9-14H2/p+2. The molecule has 1 atom stereocenters. The van der Waals surface area contributed by atoms with Crippen LogP contribution < -0.4 is 9.88 Å². The Kier molecular flexibility index (Phi) is 6.65. The van der Waals surface area contributed by atoms with Crippen molar-refractivity contribution in [2.24, 2.45) is 0 Å². The Morgan fingerprint density at radius 3 is 2.61 bits per heavy atom. The lowest BCUT2D eigenvalue weighted by molar-refractivity contribution is -0.908. The van der Waals surface area contributed by atoms with Gasteiger partial charge in [-0.25, -0.2) is 4.98 Å². The molecule has 2 aliphatic heterocycles. The molecule has 2 aliphatic rings. The molecule has 0 spiro atoms. The second kappa shape index (κ2) is 9.60. The Balaban J connectivity index is 1.64. The van der Waals surface area contributed by atoms with Crippen LogP contribution in [0.5, 0.6) is 0 Å². The fourth-order valence-corrected chi connectivity index (χ4v) is 4.33.